The Morgan fingerprint density at radius 1 is 1.00 bits per heavy atom. The molecule has 0 atom stereocenters. The average molecular weight is 525 g/mol. The molecule has 2 amide bonds. The van der Waals surface area contributed by atoms with E-state index in [9.17, 15) is 9.59 Å². The molecule has 28 heavy (non-hydrogen) atoms. The van der Waals surface area contributed by atoms with Gasteiger partial charge in [0.2, 0.25) is 0 Å². The van der Waals surface area contributed by atoms with Gasteiger partial charge in [-0.15, -0.1) is 0 Å². The van der Waals surface area contributed by atoms with Crippen LogP contribution >= 0.6 is 43.3 Å². The molecule has 1 aromatic rings. The molecule has 0 aromatic heterocycles. The van der Waals surface area contributed by atoms with Crippen molar-refractivity contribution in [2.24, 2.45) is 0 Å². The van der Waals surface area contributed by atoms with Crippen molar-refractivity contribution in [2.75, 3.05) is 23.4 Å². The van der Waals surface area contributed by atoms with E-state index in [1.165, 1.54) is 22.3 Å². The Morgan fingerprint density at radius 3 is 2.32 bits per heavy atom. The molecule has 2 N–H and O–H groups in total. The standard InChI is InChI=1S/C19H27AsCl2N2O2S2/c21-18(22)19(26)23-12-5-3-1-2-4-7-17(25)24-16-10-8-15(9-11-16)20-27-13-6-14-28-20/h8-11,18H,1-7,12-14H2,(H,23,26)(H,24,25). The number of carbonyl (C=O) groups is 2. The normalized spacial score (nSPS) is 14.8. The van der Waals surface area contributed by atoms with E-state index in [4.69, 9.17) is 23.2 Å². The summed E-state index contributed by atoms with van der Waals surface area (Å²) < 4.78 is 1.48. The quantitative estimate of drug-likeness (QED) is 0.255. The summed E-state index contributed by atoms with van der Waals surface area (Å²) in [6, 6.07) is 8.46. The zero-order valence-corrected chi connectivity index (χ0v) is 20.8. The summed E-state index contributed by atoms with van der Waals surface area (Å²) in [4.78, 5) is 22.3. The van der Waals surface area contributed by atoms with Gasteiger partial charge in [0.05, 0.1) is 0 Å². The van der Waals surface area contributed by atoms with Crippen molar-refractivity contribution in [3.05, 3.63) is 24.3 Å². The van der Waals surface area contributed by atoms with Crippen molar-refractivity contribution in [1.29, 1.82) is 0 Å². The Labute approximate surface area is 188 Å². The predicted octanol–water partition coefficient (Wildman–Crippen LogP) is 4.45. The van der Waals surface area contributed by atoms with Crippen LogP contribution in [0.25, 0.3) is 0 Å². The number of halogens is 2. The number of benzene rings is 1. The Morgan fingerprint density at radius 2 is 1.64 bits per heavy atom. The second kappa shape index (κ2) is 14.1. The van der Waals surface area contributed by atoms with Gasteiger partial charge in [-0.05, 0) is 0 Å². The van der Waals surface area contributed by atoms with Crippen LogP contribution in [0.5, 0.6) is 0 Å². The monoisotopic (exact) mass is 524 g/mol. The van der Waals surface area contributed by atoms with Crippen molar-refractivity contribution in [2.45, 2.75) is 49.8 Å². The van der Waals surface area contributed by atoms with E-state index in [0.29, 0.717) is 13.0 Å². The number of rotatable bonds is 11. The number of amides is 2. The molecule has 0 bridgehead atoms. The Hall–Kier alpha value is -0.00156. The molecule has 1 aromatic carbocycles. The molecule has 1 fully saturated rings. The van der Waals surface area contributed by atoms with Crippen LogP contribution in [0.2, 0.25) is 0 Å². The molecule has 1 saturated heterocycles. The van der Waals surface area contributed by atoms with E-state index >= 15 is 0 Å². The summed E-state index contributed by atoms with van der Waals surface area (Å²) in [6.45, 7) is 0.589. The molecule has 1 aliphatic heterocycles. The predicted molar refractivity (Wildman–Crippen MR) is 126 cm³/mol. The number of hydrogen-bond donors (Lipinski definition) is 2. The van der Waals surface area contributed by atoms with Gasteiger partial charge in [-0.25, -0.2) is 0 Å². The van der Waals surface area contributed by atoms with Crippen molar-refractivity contribution in [1.82, 2.24) is 5.32 Å². The first-order chi connectivity index (χ1) is 13.6. The third kappa shape index (κ3) is 9.67. The summed E-state index contributed by atoms with van der Waals surface area (Å²) in [6.07, 6.45) is 6.71. The maximum atomic E-state index is 12.1. The van der Waals surface area contributed by atoms with Gasteiger partial charge in [0, 0.05) is 6.54 Å². The zero-order valence-electron chi connectivity index (χ0n) is 15.8. The zero-order chi connectivity index (χ0) is 20.2. The summed E-state index contributed by atoms with van der Waals surface area (Å²) in [5.41, 5.74) is 0.891. The fourth-order valence-electron chi connectivity index (χ4n) is 2.66. The number of nitrogens with one attached hydrogen (secondary N) is 2. The Kier molecular flexibility index (Phi) is 12.2. The van der Waals surface area contributed by atoms with Gasteiger partial charge in [-0.3, -0.25) is 4.79 Å². The van der Waals surface area contributed by atoms with E-state index in [0.717, 1.165) is 37.8 Å². The first-order valence-electron chi connectivity index (χ1n) is 9.58. The number of hydrogen-bond acceptors (Lipinski definition) is 4. The molecular weight excluding hydrogens is 498 g/mol. The van der Waals surface area contributed by atoms with E-state index < -0.39 is 17.2 Å². The van der Waals surface area contributed by atoms with Gasteiger partial charge in [0.25, 0.3) is 5.91 Å². The molecule has 156 valence electrons. The van der Waals surface area contributed by atoms with Gasteiger partial charge in [-0.2, -0.15) is 0 Å². The number of carbonyl (C=O) groups excluding carboxylic acids is 2. The second-order valence-corrected chi connectivity index (χ2v) is 19.3. The minimum absolute atomic E-state index is 0.0783. The third-order valence-electron chi connectivity index (χ3n) is 4.15. The van der Waals surface area contributed by atoms with Crippen LogP contribution in [0.3, 0.4) is 0 Å². The molecule has 2 rings (SSSR count). The first kappa shape index (κ1) is 24.3. The van der Waals surface area contributed by atoms with Gasteiger partial charge in [0.1, 0.15) is 0 Å². The molecule has 0 spiro atoms. The number of anilines is 1. The third-order valence-corrected chi connectivity index (χ3v) is 18.2. The van der Waals surface area contributed by atoms with Crippen LogP contribution in [0.1, 0.15) is 44.9 Å². The molecule has 9 heteroatoms. The van der Waals surface area contributed by atoms with Crippen LogP contribution in [0.15, 0.2) is 24.3 Å². The molecule has 0 radical (unpaired) electrons. The Balaban J connectivity index is 1.53. The SMILES string of the molecule is O=C(CCCCCCCNC(=O)C(Cl)Cl)Nc1ccc([As]2SCCCS2)cc1. The molecule has 0 saturated carbocycles. The van der Waals surface area contributed by atoms with Gasteiger partial charge in [-0.1, -0.05) is 23.2 Å². The van der Waals surface area contributed by atoms with Crippen molar-refractivity contribution in [3.63, 3.8) is 0 Å². The molecule has 1 aliphatic rings. The van der Waals surface area contributed by atoms with E-state index in [2.05, 4.69) is 42.8 Å². The molecule has 0 unspecified atom stereocenters. The Bertz CT molecular complexity index is 614. The fourth-order valence-corrected chi connectivity index (χ4v) is 15.9. The summed E-state index contributed by atoms with van der Waals surface area (Å²) in [5.74, 6) is 2.32. The second-order valence-electron chi connectivity index (χ2n) is 6.48. The number of unbranched alkanes of at least 4 members (excludes halogenated alkanes) is 4. The van der Waals surface area contributed by atoms with Crippen LogP contribution < -0.4 is 15.0 Å². The van der Waals surface area contributed by atoms with Crippen molar-refractivity contribution in [3.8, 4) is 0 Å². The fraction of sp³-hybridized carbons (Fsp3) is 0.579. The summed E-state index contributed by atoms with van der Waals surface area (Å²) in [5, 5.41) is 5.67. The summed E-state index contributed by atoms with van der Waals surface area (Å²) >= 11 is 9.94. The molecule has 0 aliphatic carbocycles. The maximum absolute atomic E-state index is 12.1. The topological polar surface area (TPSA) is 58.2 Å². The van der Waals surface area contributed by atoms with Crippen LogP contribution in [-0.4, -0.2) is 47.0 Å². The number of alkyl halides is 2. The average Bonchev–Trinajstić information content (AvgIpc) is 2.71. The summed E-state index contributed by atoms with van der Waals surface area (Å²) in [7, 11) is 4.30. The molecular formula is C19H27AsCl2N2O2S2. The molecule has 4 nitrogen and oxygen atoms in total. The van der Waals surface area contributed by atoms with Gasteiger partial charge < -0.3 is 5.32 Å². The van der Waals surface area contributed by atoms with E-state index in [-0.39, 0.29) is 11.8 Å². The van der Waals surface area contributed by atoms with Crippen molar-refractivity contribution >= 4 is 77.4 Å². The van der Waals surface area contributed by atoms with Crippen LogP contribution in [0.4, 0.5) is 5.69 Å². The minimum atomic E-state index is -0.998. The van der Waals surface area contributed by atoms with Crippen molar-refractivity contribution < 1.29 is 9.59 Å². The first-order valence-corrected chi connectivity index (χ1v) is 17.9. The van der Waals surface area contributed by atoms with Crippen LogP contribution in [0, 0.1) is 0 Å². The van der Waals surface area contributed by atoms with E-state index in [1.54, 1.807) is 0 Å². The van der Waals surface area contributed by atoms with E-state index in [1.807, 2.05) is 12.1 Å². The molecule has 1 heterocycles. The van der Waals surface area contributed by atoms with Gasteiger partial charge in [0.15, 0.2) is 4.84 Å². The van der Waals surface area contributed by atoms with Crippen LogP contribution in [-0.2, 0) is 9.59 Å². The van der Waals surface area contributed by atoms with Gasteiger partial charge >= 0.3 is 139 Å².